The normalized spacial score (nSPS) is 27.7. The maximum absolute atomic E-state index is 10.9. The Morgan fingerprint density at radius 3 is 2.40 bits per heavy atom. The molecule has 0 aromatic heterocycles. The largest absolute Gasteiger partial charge is 0.370 e. The molecule has 2 unspecified atom stereocenters. The summed E-state index contributed by atoms with van der Waals surface area (Å²) in [5, 5.41) is 0. The average molecular weight is 211 g/mol. The Bertz CT molecular complexity index is 217. The predicted octanol–water partition coefficient (Wildman–Crippen LogP) is 3.10. The van der Waals surface area contributed by atoms with Crippen LogP contribution in [0.15, 0.2) is 0 Å². The summed E-state index contributed by atoms with van der Waals surface area (Å²) >= 11 is 0. The molecule has 2 atom stereocenters. The molecule has 1 aliphatic rings. The zero-order chi connectivity index (χ0) is 11.5. The zero-order valence-electron chi connectivity index (χ0n) is 10.4. The summed E-state index contributed by atoms with van der Waals surface area (Å²) in [7, 11) is 0. The van der Waals surface area contributed by atoms with Gasteiger partial charge in [-0.2, -0.15) is 0 Å². The second kappa shape index (κ2) is 5.00. The van der Waals surface area contributed by atoms with Gasteiger partial charge in [0.1, 0.15) is 0 Å². The third-order valence-electron chi connectivity index (χ3n) is 3.28. The van der Waals surface area contributed by atoms with Gasteiger partial charge in [0, 0.05) is 6.42 Å². The van der Waals surface area contributed by atoms with E-state index in [2.05, 4.69) is 20.8 Å². The highest BCUT2D eigenvalue weighted by Crippen LogP contribution is 2.37. The number of hydrogen-bond acceptors (Lipinski definition) is 1. The Labute approximate surface area is 93.6 Å². The summed E-state index contributed by atoms with van der Waals surface area (Å²) < 4.78 is 0. The molecule has 0 aliphatic heterocycles. The average Bonchev–Trinajstić information content (AvgIpc) is 1.99. The van der Waals surface area contributed by atoms with Crippen molar-refractivity contribution in [2.24, 2.45) is 23.0 Å². The van der Waals surface area contributed by atoms with Crippen LogP contribution in [0.4, 0.5) is 0 Å². The summed E-state index contributed by atoms with van der Waals surface area (Å²) in [6, 6.07) is 0. The second-order valence-corrected chi connectivity index (χ2v) is 6.33. The van der Waals surface area contributed by atoms with Crippen LogP contribution in [0, 0.1) is 17.3 Å². The summed E-state index contributed by atoms with van der Waals surface area (Å²) in [6.07, 6.45) is 6.90. The van der Waals surface area contributed by atoms with Crippen molar-refractivity contribution in [3.05, 3.63) is 0 Å². The van der Waals surface area contributed by atoms with Gasteiger partial charge in [-0.1, -0.05) is 33.6 Å². The van der Waals surface area contributed by atoms with Crippen LogP contribution in [-0.4, -0.2) is 5.91 Å². The van der Waals surface area contributed by atoms with Crippen molar-refractivity contribution in [1.82, 2.24) is 0 Å². The van der Waals surface area contributed by atoms with Crippen molar-refractivity contribution in [3.8, 4) is 0 Å². The molecule has 1 fully saturated rings. The lowest BCUT2D eigenvalue weighted by Gasteiger charge is -2.32. The molecule has 0 saturated heterocycles. The van der Waals surface area contributed by atoms with E-state index in [4.69, 9.17) is 5.73 Å². The molecule has 0 radical (unpaired) electrons. The number of carbonyl (C=O) groups is 1. The van der Waals surface area contributed by atoms with Gasteiger partial charge in [0.2, 0.25) is 5.91 Å². The maximum atomic E-state index is 10.9. The van der Waals surface area contributed by atoms with E-state index in [1.807, 2.05) is 0 Å². The van der Waals surface area contributed by atoms with Gasteiger partial charge >= 0.3 is 0 Å². The van der Waals surface area contributed by atoms with Crippen molar-refractivity contribution in [2.45, 2.75) is 59.3 Å². The number of hydrogen-bond donors (Lipinski definition) is 1. The molecule has 0 spiro atoms. The first-order chi connectivity index (χ1) is 6.87. The topological polar surface area (TPSA) is 43.1 Å². The van der Waals surface area contributed by atoms with Crippen molar-refractivity contribution in [3.63, 3.8) is 0 Å². The van der Waals surface area contributed by atoms with Gasteiger partial charge < -0.3 is 5.73 Å². The molecule has 15 heavy (non-hydrogen) atoms. The van der Waals surface area contributed by atoms with E-state index in [1.54, 1.807) is 0 Å². The van der Waals surface area contributed by atoms with E-state index in [-0.39, 0.29) is 5.91 Å². The molecule has 2 N–H and O–H groups in total. The third kappa shape index (κ3) is 5.19. The number of amides is 1. The predicted molar refractivity (Wildman–Crippen MR) is 63.3 cm³/mol. The number of carbonyl (C=O) groups excluding carboxylic acids is 1. The van der Waals surface area contributed by atoms with E-state index in [0.717, 1.165) is 5.92 Å². The standard InChI is InChI=1S/C13H25NO/c1-13(2,3)9-11-6-4-5-10(7-11)8-12(14)15/h10-11H,4-9H2,1-3H3,(H2,14,15). The van der Waals surface area contributed by atoms with Crippen LogP contribution in [0.5, 0.6) is 0 Å². The van der Waals surface area contributed by atoms with E-state index in [0.29, 0.717) is 17.8 Å². The summed E-state index contributed by atoms with van der Waals surface area (Å²) in [4.78, 5) is 10.9. The maximum Gasteiger partial charge on any atom is 0.217 e. The van der Waals surface area contributed by atoms with Crippen molar-refractivity contribution in [2.75, 3.05) is 0 Å². The summed E-state index contributed by atoms with van der Waals surface area (Å²) in [5.41, 5.74) is 5.67. The minimum absolute atomic E-state index is 0.128. The van der Waals surface area contributed by atoms with Crippen molar-refractivity contribution >= 4 is 5.91 Å². The van der Waals surface area contributed by atoms with Crippen LogP contribution in [0.2, 0.25) is 0 Å². The van der Waals surface area contributed by atoms with Gasteiger partial charge in [0.15, 0.2) is 0 Å². The highest BCUT2D eigenvalue weighted by molar-refractivity contribution is 5.73. The number of nitrogens with two attached hydrogens (primary N) is 1. The molecule has 2 nitrogen and oxygen atoms in total. The van der Waals surface area contributed by atoms with Crippen LogP contribution >= 0.6 is 0 Å². The van der Waals surface area contributed by atoms with E-state index >= 15 is 0 Å². The van der Waals surface area contributed by atoms with Crippen molar-refractivity contribution < 1.29 is 4.79 Å². The van der Waals surface area contributed by atoms with Crippen molar-refractivity contribution in [1.29, 1.82) is 0 Å². The fraction of sp³-hybridized carbons (Fsp3) is 0.923. The lowest BCUT2D eigenvalue weighted by molar-refractivity contribution is -0.119. The molecule has 1 amide bonds. The molecule has 0 aromatic rings. The minimum Gasteiger partial charge on any atom is -0.370 e. The van der Waals surface area contributed by atoms with Gasteiger partial charge in [-0.3, -0.25) is 4.79 Å². The Morgan fingerprint density at radius 2 is 1.87 bits per heavy atom. The lowest BCUT2D eigenvalue weighted by atomic mass is 9.73. The van der Waals surface area contributed by atoms with Gasteiger partial charge in [-0.05, 0) is 36.5 Å². The molecule has 0 aromatic carbocycles. The fourth-order valence-corrected chi connectivity index (χ4v) is 2.92. The first kappa shape index (κ1) is 12.5. The first-order valence-electron chi connectivity index (χ1n) is 6.15. The zero-order valence-corrected chi connectivity index (χ0v) is 10.4. The Morgan fingerprint density at radius 1 is 1.27 bits per heavy atom. The van der Waals surface area contributed by atoms with Crippen LogP contribution in [-0.2, 0) is 4.79 Å². The van der Waals surface area contributed by atoms with Gasteiger partial charge in [-0.25, -0.2) is 0 Å². The van der Waals surface area contributed by atoms with E-state index in [9.17, 15) is 4.79 Å². The summed E-state index contributed by atoms with van der Waals surface area (Å²) in [5.74, 6) is 1.24. The minimum atomic E-state index is -0.128. The lowest BCUT2D eigenvalue weighted by Crippen LogP contribution is -2.24. The van der Waals surface area contributed by atoms with Crippen LogP contribution in [0.3, 0.4) is 0 Å². The Hall–Kier alpha value is -0.530. The highest BCUT2D eigenvalue weighted by atomic mass is 16.1. The highest BCUT2D eigenvalue weighted by Gasteiger charge is 2.26. The molecular weight excluding hydrogens is 186 g/mol. The fourth-order valence-electron chi connectivity index (χ4n) is 2.92. The molecule has 0 heterocycles. The van der Waals surface area contributed by atoms with Gasteiger partial charge in [0.25, 0.3) is 0 Å². The monoisotopic (exact) mass is 211 g/mol. The Balaban J connectivity index is 2.38. The molecule has 88 valence electrons. The van der Waals surface area contributed by atoms with Gasteiger partial charge in [0.05, 0.1) is 0 Å². The number of primary amides is 1. The van der Waals surface area contributed by atoms with Crippen LogP contribution in [0.25, 0.3) is 0 Å². The number of rotatable bonds is 3. The smallest absolute Gasteiger partial charge is 0.217 e. The van der Waals surface area contributed by atoms with Gasteiger partial charge in [-0.15, -0.1) is 0 Å². The third-order valence-corrected chi connectivity index (χ3v) is 3.28. The molecule has 1 saturated carbocycles. The summed E-state index contributed by atoms with van der Waals surface area (Å²) in [6.45, 7) is 6.89. The quantitative estimate of drug-likeness (QED) is 0.766. The molecular formula is C13H25NO. The van der Waals surface area contributed by atoms with Crippen LogP contribution < -0.4 is 5.73 Å². The first-order valence-corrected chi connectivity index (χ1v) is 6.15. The van der Waals surface area contributed by atoms with E-state index in [1.165, 1.54) is 32.1 Å². The van der Waals surface area contributed by atoms with Crippen LogP contribution in [0.1, 0.15) is 59.3 Å². The Kier molecular flexibility index (Phi) is 4.18. The molecule has 0 bridgehead atoms. The SMILES string of the molecule is CC(C)(C)CC1CCCC(CC(N)=O)C1. The van der Waals surface area contributed by atoms with E-state index < -0.39 is 0 Å². The molecule has 1 rings (SSSR count). The molecule has 2 heteroatoms. The second-order valence-electron chi connectivity index (χ2n) is 6.33. The molecule has 1 aliphatic carbocycles.